The van der Waals surface area contributed by atoms with Crippen molar-refractivity contribution in [2.24, 2.45) is 15.9 Å². The van der Waals surface area contributed by atoms with E-state index in [0.717, 1.165) is 10.7 Å². The summed E-state index contributed by atoms with van der Waals surface area (Å²) in [6.07, 6.45) is 4.95. The van der Waals surface area contributed by atoms with Crippen molar-refractivity contribution in [3.05, 3.63) is 22.8 Å². The summed E-state index contributed by atoms with van der Waals surface area (Å²) in [7, 11) is 3.24. The average molecular weight is 290 g/mol. The van der Waals surface area contributed by atoms with Crippen LogP contribution in [0.5, 0.6) is 11.5 Å². The third-order valence-corrected chi connectivity index (χ3v) is 4.42. The quantitative estimate of drug-likeness (QED) is 0.798. The van der Waals surface area contributed by atoms with Gasteiger partial charge in [-0.2, -0.15) is 0 Å². The first-order chi connectivity index (χ1) is 9.72. The minimum absolute atomic E-state index is 0.0538. The Morgan fingerprint density at radius 1 is 1.05 bits per heavy atom. The highest BCUT2D eigenvalue weighted by molar-refractivity contribution is 7.80. The van der Waals surface area contributed by atoms with Crippen molar-refractivity contribution in [3.63, 3.8) is 0 Å². The molecule has 0 N–H and O–H groups in total. The first kappa shape index (κ1) is 13.5. The SMILES string of the molecule is COc1cc2c(cc1OC)=NC(C1CCCC1)C(=S)N=2. The molecule has 4 nitrogen and oxygen atoms in total. The molecule has 1 atom stereocenters. The van der Waals surface area contributed by atoms with Gasteiger partial charge in [-0.05, 0) is 18.8 Å². The molecule has 1 aromatic carbocycles. The summed E-state index contributed by atoms with van der Waals surface area (Å²) in [5, 5.41) is 1.63. The van der Waals surface area contributed by atoms with Crippen LogP contribution in [0.1, 0.15) is 25.7 Å². The summed E-state index contributed by atoms with van der Waals surface area (Å²) in [4.78, 5) is 10.1. The summed E-state index contributed by atoms with van der Waals surface area (Å²) >= 11 is 5.45. The molecule has 1 saturated carbocycles. The summed E-state index contributed by atoms with van der Waals surface area (Å²) in [5.74, 6) is 1.89. The minimum Gasteiger partial charge on any atom is -0.493 e. The number of hydrogen-bond acceptors (Lipinski definition) is 4. The van der Waals surface area contributed by atoms with Gasteiger partial charge in [-0.15, -0.1) is 0 Å². The Hall–Kier alpha value is -1.49. The maximum Gasteiger partial charge on any atom is 0.163 e. The molecule has 1 aliphatic heterocycles. The summed E-state index contributed by atoms with van der Waals surface area (Å²) in [6, 6.07) is 3.79. The second-order valence-electron chi connectivity index (χ2n) is 5.26. The van der Waals surface area contributed by atoms with E-state index in [4.69, 9.17) is 26.7 Å². The Balaban J connectivity index is 2.08. The second-order valence-corrected chi connectivity index (χ2v) is 5.68. The number of methoxy groups -OCH3 is 2. The van der Waals surface area contributed by atoms with Crippen LogP contribution in [0.4, 0.5) is 0 Å². The fraction of sp³-hybridized carbons (Fsp3) is 0.533. The van der Waals surface area contributed by atoms with Crippen molar-refractivity contribution in [3.8, 4) is 11.5 Å². The summed E-state index contributed by atoms with van der Waals surface area (Å²) in [6.45, 7) is 0. The molecular weight excluding hydrogens is 272 g/mol. The monoisotopic (exact) mass is 290 g/mol. The lowest BCUT2D eigenvalue weighted by atomic mass is 9.98. The number of hydrogen-bond donors (Lipinski definition) is 0. The van der Waals surface area contributed by atoms with Gasteiger partial charge in [0.25, 0.3) is 0 Å². The molecule has 0 radical (unpaired) electrons. The molecule has 0 amide bonds. The van der Waals surface area contributed by atoms with E-state index in [9.17, 15) is 0 Å². The lowest BCUT2D eigenvalue weighted by molar-refractivity contribution is 0.353. The van der Waals surface area contributed by atoms with Crippen LogP contribution in [0.25, 0.3) is 0 Å². The molecule has 1 fully saturated rings. The summed E-state index contributed by atoms with van der Waals surface area (Å²) < 4.78 is 10.6. The largest absolute Gasteiger partial charge is 0.493 e. The molecule has 5 heteroatoms. The lowest BCUT2D eigenvalue weighted by Crippen LogP contribution is -2.39. The zero-order chi connectivity index (χ0) is 14.1. The van der Waals surface area contributed by atoms with Crippen LogP contribution >= 0.6 is 12.2 Å². The van der Waals surface area contributed by atoms with E-state index < -0.39 is 0 Å². The summed E-state index contributed by atoms with van der Waals surface area (Å²) in [5.41, 5.74) is 0. The Kier molecular flexibility index (Phi) is 3.70. The second kappa shape index (κ2) is 5.48. The van der Waals surface area contributed by atoms with E-state index in [1.807, 2.05) is 12.1 Å². The Morgan fingerprint density at radius 3 is 2.25 bits per heavy atom. The number of fused-ring (bicyclic) bond motifs is 1. The standard InChI is InChI=1S/C15H18N2O2S/c1-18-12-7-10-11(8-13(12)19-2)17-15(20)14(16-10)9-5-3-4-6-9/h7-9,14H,3-6H2,1-2H3. The van der Waals surface area contributed by atoms with Crippen molar-refractivity contribution in [2.75, 3.05) is 14.2 Å². The molecule has 106 valence electrons. The fourth-order valence-electron chi connectivity index (χ4n) is 3.02. The van der Waals surface area contributed by atoms with Gasteiger partial charge >= 0.3 is 0 Å². The topological polar surface area (TPSA) is 43.2 Å². The van der Waals surface area contributed by atoms with E-state index >= 15 is 0 Å². The molecule has 1 aliphatic carbocycles. The van der Waals surface area contributed by atoms with Gasteiger partial charge in [0, 0.05) is 12.1 Å². The van der Waals surface area contributed by atoms with Crippen LogP contribution in [-0.4, -0.2) is 25.2 Å². The molecule has 20 heavy (non-hydrogen) atoms. The Labute approximate surface area is 123 Å². The molecule has 1 aromatic rings. The number of ether oxygens (including phenoxy) is 2. The zero-order valence-electron chi connectivity index (χ0n) is 11.8. The third-order valence-electron chi connectivity index (χ3n) is 4.09. The van der Waals surface area contributed by atoms with Gasteiger partial charge < -0.3 is 9.47 Å². The van der Waals surface area contributed by atoms with Gasteiger partial charge in [0.15, 0.2) is 11.5 Å². The molecule has 0 bridgehead atoms. The van der Waals surface area contributed by atoms with Crippen molar-refractivity contribution in [2.45, 2.75) is 31.7 Å². The zero-order valence-corrected chi connectivity index (χ0v) is 12.6. The minimum atomic E-state index is 0.0538. The van der Waals surface area contributed by atoms with Crippen molar-refractivity contribution in [1.82, 2.24) is 0 Å². The molecule has 3 rings (SSSR count). The number of thiocarbonyl (C=S) groups is 1. The highest BCUT2D eigenvalue weighted by Gasteiger charge is 2.29. The Bertz CT molecular complexity index is 651. The normalized spacial score (nSPS) is 21.9. The molecule has 0 saturated heterocycles. The third kappa shape index (κ3) is 2.30. The number of benzene rings is 1. The highest BCUT2D eigenvalue weighted by Crippen LogP contribution is 2.31. The maximum absolute atomic E-state index is 5.45. The van der Waals surface area contributed by atoms with Crippen LogP contribution < -0.4 is 20.2 Å². The van der Waals surface area contributed by atoms with Crippen LogP contribution in [-0.2, 0) is 0 Å². The van der Waals surface area contributed by atoms with Crippen molar-refractivity contribution >= 4 is 17.2 Å². The van der Waals surface area contributed by atoms with E-state index in [2.05, 4.69) is 4.99 Å². The lowest BCUT2D eigenvalue weighted by Gasteiger charge is -2.20. The van der Waals surface area contributed by atoms with Gasteiger partial charge in [0.05, 0.1) is 24.9 Å². The van der Waals surface area contributed by atoms with Crippen molar-refractivity contribution in [1.29, 1.82) is 0 Å². The van der Waals surface area contributed by atoms with Crippen LogP contribution in [0, 0.1) is 5.92 Å². The number of rotatable bonds is 3. The molecule has 1 unspecified atom stereocenters. The fourth-order valence-corrected chi connectivity index (χ4v) is 3.36. The van der Waals surface area contributed by atoms with Gasteiger partial charge in [0.1, 0.15) is 11.0 Å². The van der Waals surface area contributed by atoms with Gasteiger partial charge in [0.2, 0.25) is 0 Å². The van der Waals surface area contributed by atoms with E-state index in [0.29, 0.717) is 22.4 Å². The maximum atomic E-state index is 5.45. The van der Waals surface area contributed by atoms with Crippen molar-refractivity contribution < 1.29 is 9.47 Å². The smallest absolute Gasteiger partial charge is 0.163 e. The molecular formula is C15H18N2O2S. The van der Waals surface area contributed by atoms with E-state index in [1.54, 1.807) is 14.2 Å². The van der Waals surface area contributed by atoms with Crippen LogP contribution in [0.15, 0.2) is 22.1 Å². The predicted molar refractivity (Wildman–Crippen MR) is 80.2 cm³/mol. The Morgan fingerprint density at radius 2 is 1.65 bits per heavy atom. The first-order valence-corrected chi connectivity index (χ1v) is 7.36. The molecule has 1 heterocycles. The van der Waals surface area contributed by atoms with Crippen LogP contribution in [0.3, 0.4) is 0 Å². The van der Waals surface area contributed by atoms with Crippen LogP contribution in [0.2, 0.25) is 0 Å². The first-order valence-electron chi connectivity index (χ1n) is 6.95. The van der Waals surface area contributed by atoms with Gasteiger partial charge in [-0.1, -0.05) is 25.1 Å². The van der Waals surface area contributed by atoms with E-state index in [-0.39, 0.29) is 6.04 Å². The van der Waals surface area contributed by atoms with Gasteiger partial charge in [-0.25, -0.2) is 4.99 Å². The average Bonchev–Trinajstić information content (AvgIpc) is 2.99. The molecule has 0 spiro atoms. The molecule has 2 aliphatic rings. The predicted octanol–water partition coefficient (Wildman–Crippen LogP) is 1.84. The number of nitrogens with zero attached hydrogens (tertiary/aromatic N) is 2. The highest BCUT2D eigenvalue weighted by atomic mass is 32.1. The van der Waals surface area contributed by atoms with Gasteiger partial charge in [-0.3, -0.25) is 4.99 Å². The molecule has 0 aromatic heterocycles. The van der Waals surface area contributed by atoms with E-state index in [1.165, 1.54) is 25.7 Å².